The summed E-state index contributed by atoms with van der Waals surface area (Å²) >= 11 is 0. The van der Waals surface area contributed by atoms with Crippen molar-refractivity contribution in [2.45, 2.75) is 111 Å². The Bertz CT molecular complexity index is 738. The van der Waals surface area contributed by atoms with Crippen LogP contribution in [0.5, 0.6) is 0 Å². The van der Waals surface area contributed by atoms with Gasteiger partial charge in [-0.05, 0) is 90.8 Å². The highest BCUT2D eigenvalue weighted by atomic mass is 16.3. The Hall–Kier alpha value is -0.490. The molecular weight excluding hydrogens is 416 g/mol. The topological polar surface area (TPSA) is 98.0 Å². The number of carbonyl (C=O) groups excluding carboxylic acids is 1. The fourth-order valence-electron chi connectivity index (χ4n) is 9.23. The minimum atomic E-state index is -0.782. The zero-order valence-electron chi connectivity index (χ0n) is 21.6. The maximum Gasteiger partial charge on any atom is 0.136 e. The zero-order valence-corrected chi connectivity index (χ0v) is 21.6. The first kappa shape index (κ1) is 25.6. The number of hydrogen-bond acceptors (Lipinski definition) is 5. The Morgan fingerprint density at radius 2 is 1.52 bits per heavy atom. The third kappa shape index (κ3) is 3.93. The first-order valence-corrected chi connectivity index (χ1v) is 13.6. The number of Topliss-reactive ketones (excluding diaryl/α,β-unsaturated/α-hetero) is 1. The van der Waals surface area contributed by atoms with Crippen LogP contribution in [0.2, 0.25) is 0 Å². The molecule has 5 heteroatoms. The van der Waals surface area contributed by atoms with Gasteiger partial charge in [0.25, 0.3) is 0 Å². The molecule has 33 heavy (non-hydrogen) atoms. The van der Waals surface area contributed by atoms with Gasteiger partial charge in [0.05, 0.1) is 24.4 Å². The van der Waals surface area contributed by atoms with Crippen molar-refractivity contribution < 1.29 is 25.2 Å². The number of fused-ring (bicyclic) bond motifs is 5. The molecule has 4 fully saturated rings. The molecule has 4 N–H and O–H groups in total. The molecule has 0 heterocycles. The summed E-state index contributed by atoms with van der Waals surface area (Å²) in [7, 11) is 0. The Balaban J connectivity index is 1.56. The number of ketones is 1. The van der Waals surface area contributed by atoms with Crippen LogP contribution in [-0.4, -0.2) is 50.6 Å². The highest BCUT2D eigenvalue weighted by molar-refractivity contribution is 5.83. The van der Waals surface area contributed by atoms with E-state index in [4.69, 9.17) is 0 Å². The molecule has 0 spiro atoms. The van der Waals surface area contributed by atoms with E-state index in [1.807, 2.05) is 6.92 Å². The monoisotopic (exact) mass is 464 g/mol. The fourth-order valence-corrected chi connectivity index (χ4v) is 9.23. The first-order valence-electron chi connectivity index (χ1n) is 13.6. The molecule has 0 aromatic rings. The van der Waals surface area contributed by atoms with Crippen molar-refractivity contribution >= 4 is 5.78 Å². The van der Waals surface area contributed by atoms with Crippen LogP contribution in [0.25, 0.3) is 0 Å². The molecule has 0 aliphatic heterocycles. The predicted octanol–water partition coefficient (Wildman–Crippen LogP) is 3.81. The molecule has 13 atom stereocenters. The second kappa shape index (κ2) is 8.87. The Morgan fingerprint density at radius 3 is 2.15 bits per heavy atom. The van der Waals surface area contributed by atoms with E-state index < -0.39 is 24.4 Å². The quantitative estimate of drug-likeness (QED) is 0.496. The summed E-state index contributed by atoms with van der Waals surface area (Å²) in [6, 6.07) is 0. The second-order valence-electron chi connectivity index (χ2n) is 13.4. The molecule has 4 saturated carbocycles. The SMILES string of the molecule is CC(C)[C@@H](C)[C@@H](O)[C@H](O)[C@@H](C)[C@H]1CCC2C3CC(=O)C4C[C@H](O)[C@H](O)C[C@]4(C)C3CC[C@@]21C. The summed E-state index contributed by atoms with van der Waals surface area (Å²) in [6.45, 7) is 12.9. The van der Waals surface area contributed by atoms with Crippen molar-refractivity contribution in [1.29, 1.82) is 0 Å². The standard InChI is InChI=1S/C28H48O5/c1-14(2)15(3)25(32)26(33)16(4)18-7-8-19-17-11-22(29)21-12-23(30)24(31)13-28(21,6)20(17)9-10-27(18,19)5/h14-21,23-26,30-33H,7-13H2,1-6H3/t15-,16+,17?,18-,19?,20?,21?,23+,24-,25-,26-,27-,28-/m1/s1. The van der Waals surface area contributed by atoms with Gasteiger partial charge >= 0.3 is 0 Å². The molecule has 0 aromatic heterocycles. The van der Waals surface area contributed by atoms with Crippen LogP contribution >= 0.6 is 0 Å². The van der Waals surface area contributed by atoms with E-state index in [1.54, 1.807) is 0 Å². The van der Waals surface area contributed by atoms with Crippen LogP contribution in [0, 0.1) is 58.2 Å². The van der Waals surface area contributed by atoms with Gasteiger partial charge in [-0.1, -0.05) is 41.5 Å². The van der Waals surface area contributed by atoms with Gasteiger partial charge in [-0.3, -0.25) is 4.79 Å². The van der Waals surface area contributed by atoms with Gasteiger partial charge in [0, 0.05) is 12.3 Å². The van der Waals surface area contributed by atoms with Crippen molar-refractivity contribution in [1.82, 2.24) is 0 Å². The largest absolute Gasteiger partial charge is 0.390 e. The minimum Gasteiger partial charge on any atom is -0.390 e. The molecule has 190 valence electrons. The molecule has 4 aliphatic rings. The van der Waals surface area contributed by atoms with Gasteiger partial charge in [-0.15, -0.1) is 0 Å². The fraction of sp³-hybridized carbons (Fsp3) is 0.964. The molecule has 0 aromatic carbocycles. The lowest BCUT2D eigenvalue weighted by Gasteiger charge is -2.61. The maximum absolute atomic E-state index is 13.3. The predicted molar refractivity (Wildman–Crippen MR) is 128 cm³/mol. The van der Waals surface area contributed by atoms with Crippen molar-refractivity contribution in [3.05, 3.63) is 0 Å². The molecule has 4 unspecified atom stereocenters. The van der Waals surface area contributed by atoms with Crippen molar-refractivity contribution in [3.63, 3.8) is 0 Å². The summed E-state index contributed by atoms with van der Waals surface area (Å²) in [5.74, 6) is 2.05. The molecule has 0 bridgehead atoms. The average molecular weight is 465 g/mol. The number of hydrogen-bond donors (Lipinski definition) is 4. The highest BCUT2D eigenvalue weighted by Gasteiger charge is 2.63. The molecule has 0 amide bonds. The lowest BCUT2D eigenvalue weighted by molar-refractivity contribution is -0.175. The summed E-state index contributed by atoms with van der Waals surface area (Å²) < 4.78 is 0. The normalized spacial score (nSPS) is 49.1. The number of carbonyl (C=O) groups is 1. The molecule has 4 rings (SSSR count). The van der Waals surface area contributed by atoms with Crippen LogP contribution in [0.1, 0.15) is 86.5 Å². The van der Waals surface area contributed by atoms with E-state index >= 15 is 0 Å². The smallest absolute Gasteiger partial charge is 0.136 e. The van der Waals surface area contributed by atoms with Crippen molar-refractivity contribution in [3.8, 4) is 0 Å². The molecule has 4 aliphatic carbocycles. The number of aliphatic hydroxyl groups excluding tert-OH is 4. The Labute approximate surface area is 200 Å². The third-order valence-electron chi connectivity index (χ3n) is 11.7. The lowest BCUT2D eigenvalue weighted by atomic mass is 9.44. The van der Waals surface area contributed by atoms with E-state index in [-0.39, 0.29) is 34.4 Å². The van der Waals surface area contributed by atoms with Crippen molar-refractivity contribution in [2.24, 2.45) is 58.2 Å². The van der Waals surface area contributed by atoms with Crippen molar-refractivity contribution in [2.75, 3.05) is 0 Å². The van der Waals surface area contributed by atoms with E-state index in [1.165, 1.54) is 0 Å². The minimum absolute atomic E-state index is 0.0158. The number of rotatable bonds is 5. The first-order chi connectivity index (χ1) is 15.3. The van der Waals surface area contributed by atoms with E-state index in [0.717, 1.165) is 25.7 Å². The molecular formula is C28H48O5. The van der Waals surface area contributed by atoms with Gasteiger partial charge < -0.3 is 20.4 Å². The Morgan fingerprint density at radius 1 is 0.879 bits per heavy atom. The molecule has 0 saturated heterocycles. The van der Waals surface area contributed by atoms with Crippen LogP contribution in [0.15, 0.2) is 0 Å². The summed E-state index contributed by atoms with van der Waals surface area (Å²) in [5.41, 5.74) is -0.162. The lowest BCUT2D eigenvalue weighted by Crippen LogP contribution is -2.59. The third-order valence-corrected chi connectivity index (χ3v) is 11.7. The van der Waals surface area contributed by atoms with Crippen LogP contribution < -0.4 is 0 Å². The number of aliphatic hydroxyl groups is 4. The van der Waals surface area contributed by atoms with Gasteiger partial charge in [-0.25, -0.2) is 0 Å². The van der Waals surface area contributed by atoms with E-state index in [9.17, 15) is 25.2 Å². The van der Waals surface area contributed by atoms with Gasteiger partial charge in [0.1, 0.15) is 5.78 Å². The average Bonchev–Trinajstić information content (AvgIpc) is 3.10. The zero-order chi connectivity index (χ0) is 24.5. The van der Waals surface area contributed by atoms with Crippen LogP contribution in [0.4, 0.5) is 0 Å². The highest BCUT2D eigenvalue weighted by Crippen LogP contribution is 2.67. The second-order valence-corrected chi connectivity index (χ2v) is 13.4. The van der Waals surface area contributed by atoms with E-state index in [2.05, 4.69) is 34.6 Å². The van der Waals surface area contributed by atoms with Crippen LogP contribution in [-0.2, 0) is 4.79 Å². The molecule has 5 nitrogen and oxygen atoms in total. The summed E-state index contributed by atoms with van der Waals surface area (Å²) in [6.07, 6.45) is 2.80. The maximum atomic E-state index is 13.3. The summed E-state index contributed by atoms with van der Waals surface area (Å²) in [4.78, 5) is 13.3. The Kier molecular flexibility index (Phi) is 6.88. The van der Waals surface area contributed by atoms with E-state index in [0.29, 0.717) is 48.9 Å². The van der Waals surface area contributed by atoms with Gasteiger partial charge in [0.15, 0.2) is 0 Å². The van der Waals surface area contributed by atoms with Gasteiger partial charge in [0.2, 0.25) is 0 Å². The van der Waals surface area contributed by atoms with Crippen LogP contribution in [0.3, 0.4) is 0 Å². The summed E-state index contributed by atoms with van der Waals surface area (Å²) in [5, 5.41) is 42.8. The van der Waals surface area contributed by atoms with Gasteiger partial charge in [-0.2, -0.15) is 0 Å². The molecule has 0 radical (unpaired) electrons.